The molecule has 1 amide bonds. The highest BCUT2D eigenvalue weighted by molar-refractivity contribution is 7.18. The lowest BCUT2D eigenvalue weighted by molar-refractivity contribution is -0.122. The molecule has 28 heavy (non-hydrogen) atoms. The van der Waals surface area contributed by atoms with Crippen LogP contribution in [0.1, 0.15) is 29.3 Å². The van der Waals surface area contributed by atoms with Gasteiger partial charge in [-0.15, -0.1) is 11.3 Å². The number of nitrogens with zero attached hydrogens (tertiary/aromatic N) is 2. The van der Waals surface area contributed by atoms with Gasteiger partial charge in [0.15, 0.2) is 0 Å². The van der Waals surface area contributed by atoms with E-state index in [1.807, 2.05) is 41.7 Å². The lowest BCUT2D eigenvalue weighted by Crippen LogP contribution is -2.41. The summed E-state index contributed by atoms with van der Waals surface area (Å²) in [5, 5.41) is 5.00. The minimum absolute atomic E-state index is 0.0977. The third-order valence-electron chi connectivity index (χ3n) is 5.24. The second-order valence-corrected chi connectivity index (χ2v) is 8.80. The van der Waals surface area contributed by atoms with Crippen LogP contribution in [0.25, 0.3) is 10.2 Å². The molecular weight excluding hydrogens is 390 g/mol. The molecule has 2 aromatic carbocycles. The molecule has 1 aromatic heterocycles. The maximum atomic E-state index is 12.2. The SMILES string of the molecule is O=C(CN1CCC(c2nc3ccccc3s2)CC1)NCCc1cccc(Cl)c1. The number of hydrogen-bond acceptors (Lipinski definition) is 4. The first-order chi connectivity index (χ1) is 13.7. The van der Waals surface area contributed by atoms with E-state index < -0.39 is 0 Å². The van der Waals surface area contributed by atoms with Gasteiger partial charge in [-0.1, -0.05) is 35.9 Å². The second kappa shape index (κ2) is 9.03. The summed E-state index contributed by atoms with van der Waals surface area (Å²) in [4.78, 5) is 19.3. The van der Waals surface area contributed by atoms with Crippen molar-refractivity contribution in [2.75, 3.05) is 26.2 Å². The van der Waals surface area contributed by atoms with Crippen molar-refractivity contribution in [3.63, 3.8) is 0 Å². The van der Waals surface area contributed by atoms with Crippen molar-refractivity contribution in [2.45, 2.75) is 25.2 Å². The largest absolute Gasteiger partial charge is 0.355 e. The summed E-state index contributed by atoms with van der Waals surface area (Å²) in [6.07, 6.45) is 2.93. The van der Waals surface area contributed by atoms with Gasteiger partial charge >= 0.3 is 0 Å². The molecule has 146 valence electrons. The number of likely N-dealkylation sites (tertiary alicyclic amines) is 1. The third kappa shape index (κ3) is 4.90. The Kier molecular flexibility index (Phi) is 6.25. The highest BCUT2D eigenvalue weighted by Gasteiger charge is 2.24. The number of rotatable bonds is 6. The van der Waals surface area contributed by atoms with Crippen molar-refractivity contribution in [3.05, 3.63) is 64.1 Å². The first-order valence-corrected chi connectivity index (χ1v) is 11.0. The number of amides is 1. The number of nitrogens with one attached hydrogen (secondary N) is 1. The standard InChI is InChI=1S/C22H24ClN3OS/c23-18-5-3-4-16(14-18)8-11-24-21(27)15-26-12-9-17(10-13-26)22-25-19-6-1-2-7-20(19)28-22/h1-7,14,17H,8-13,15H2,(H,24,27). The molecule has 6 heteroatoms. The van der Waals surface area contributed by atoms with E-state index in [4.69, 9.17) is 16.6 Å². The number of para-hydroxylation sites is 1. The summed E-state index contributed by atoms with van der Waals surface area (Å²) in [6, 6.07) is 16.1. The Morgan fingerprint density at radius 3 is 2.79 bits per heavy atom. The summed E-state index contributed by atoms with van der Waals surface area (Å²) in [5.41, 5.74) is 2.24. The molecule has 1 saturated heterocycles. The summed E-state index contributed by atoms with van der Waals surface area (Å²) in [6.45, 7) is 3.01. The van der Waals surface area contributed by atoms with Gasteiger partial charge in [0.2, 0.25) is 5.91 Å². The fourth-order valence-corrected chi connectivity index (χ4v) is 5.05. The molecule has 0 radical (unpaired) electrons. The van der Waals surface area contributed by atoms with E-state index in [-0.39, 0.29) is 5.91 Å². The summed E-state index contributed by atoms with van der Waals surface area (Å²) in [5.74, 6) is 0.611. The zero-order valence-corrected chi connectivity index (χ0v) is 17.3. The monoisotopic (exact) mass is 413 g/mol. The molecule has 2 heterocycles. The average molecular weight is 414 g/mol. The Labute approximate surface area is 174 Å². The van der Waals surface area contributed by atoms with Gasteiger partial charge in [-0.2, -0.15) is 0 Å². The van der Waals surface area contributed by atoms with E-state index in [1.54, 1.807) is 0 Å². The molecule has 4 rings (SSSR count). The molecule has 0 saturated carbocycles. The van der Waals surface area contributed by atoms with Crippen molar-refractivity contribution >= 4 is 39.1 Å². The lowest BCUT2D eigenvalue weighted by atomic mass is 9.97. The van der Waals surface area contributed by atoms with Gasteiger partial charge in [0, 0.05) is 17.5 Å². The number of piperidine rings is 1. The number of halogens is 1. The van der Waals surface area contributed by atoms with E-state index in [9.17, 15) is 4.79 Å². The fourth-order valence-electron chi connectivity index (χ4n) is 3.70. The Balaban J connectivity index is 1.21. The van der Waals surface area contributed by atoms with Crippen LogP contribution in [0.4, 0.5) is 0 Å². The summed E-state index contributed by atoms with van der Waals surface area (Å²) < 4.78 is 1.26. The van der Waals surface area contributed by atoms with Crippen molar-refractivity contribution in [3.8, 4) is 0 Å². The molecule has 0 aliphatic carbocycles. The van der Waals surface area contributed by atoms with E-state index in [0.29, 0.717) is 19.0 Å². The van der Waals surface area contributed by atoms with Gasteiger partial charge in [-0.25, -0.2) is 4.98 Å². The maximum Gasteiger partial charge on any atom is 0.234 e. The molecule has 1 aliphatic heterocycles. The molecule has 3 aromatic rings. The predicted octanol–water partition coefficient (Wildman–Crippen LogP) is 4.49. The van der Waals surface area contributed by atoms with E-state index in [2.05, 4.69) is 28.4 Å². The van der Waals surface area contributed by atoms with Gasteiger partial charge in [0.05, 0.1) is 21.8 Å². The highest BCUT2D eigenvalue weighted by atomic mass is 35.5. The van der Waals surface area contributed by atoms with Crippen LogP contribution in [0.5, 0.6) is 0 Å². The molecular formula is C22H24ClN3OS. The van der Waals surface area contributed by atoms with Crippen LogP contribution in [0.2, 0.25) is 5.02 Å². The smallest absolute Gasteiger partial charge is 0.234 e. The zero-order valence-electron chi connectivity index (χ0n) is 15.7. The Morgan fingerprint density at radius 2 is 2.00 bits per heavy atom. The van der Waals surface area contributed by atoms with E-state index in [0.717, 1.165) is 48.5 Å². The van der Waals surface area contributed by atoms with E-state index in [1.165, 1.54) is 9.71 Å². The maximum absolute atomic E-state index is 12.2. The third-order valence-corrected chi connectivity index (χ3v) is 6.67. The van der Waals surface area contributed by atoms with Crippen LogP contribution in [0, 0.1) is 0 Å². The second-order valence-electron chi connectivity index (χ2n) is 7.30. The predicted molar refractivity (Wildman–Crippen MR) is 116 cm³/mol. The van der Waals surface area contributed by atoms with Crippen LogP contribution >= 0.6 is 22.9 Å². The van der Waals surface area contributed by atoms with Crippen LogP contribution < -0.4 is 5.32 Å². The van der Waals surface area contributed by atoms with Gasteiger partial charge < -0.3 is 5.32 Å². The van der Waals surface area contributed by atoms with Gasteiger partial charge in [0.25, 0.3) is 0 Å². The molecule has 0 bridgehead atoms. The normalized spacial score (nSPS) is 15.8. The number of carbonyl (C=O) groups is 1. The Bertz CT molecular complexity index is 917. The number of fused-ring (bicyclic) bond motifs is 1. The van der Waals surface area contributed by atoms with Crippen molar-refractivity contribution in [1.82, 2.24) is 15.2 Å². The summed E-state index contributed by atoms with van der Waals surface area (Å²) >= 11 is 7.81. The Morgan fingerprint density at radius 1 is 1.18 bits per heavy atom. The molecule has 1 N–H and O–H groups in total. The van der Waals surface area contributed by atoms with E-state index >= 15 is 0 Å². The first kappa shape index (κ1) is 19.4. The number of benzene rings is 2. The highest BCUT2D eigenvalue weighted by Crippen LogP contribution is 2.33. The molecule has 0 atom stereocenters. The summed E-state index contributed by atoms with van der Waals surface area (Å²) in [7, 11) is 0. The molecule has 4 nitrogen and oxygen atoms in total. The zero-order chi connectivity index (χ0) is 19.3. The molecule has 0 spiro atoms. The van der Waals surface area contributed by atoms with Crippen molar-refractivity contribution < 1.29 is 4.79 Å². The Hall–Kier alpha value is -1.95. The minimum atomic E-state index is 0.0977. The molecule has 1 fully saturated rings. The van der Waals surface area contributed by atoms with Crippen LogP contribution in [0.3, 0.4) is 0 Å². The molecule has 1 aliphatic rings. The van der Waals surface area contributed by atoms with Gasteiger partial charge in [-0.3, -0.25) is 9.69 Å². The van der Waals surface area contributed by atoms with Crippen LogP contribution in [0.15, 0.2) is 48.5 Å². The van der Waals surface area contributed by atoms with Crippen LogP contribution in [-0.2, 0) is 11.2 Å². The number of thiazole rings is 1. The van der Waals surface area contributed by atoms with Crippen LogP contribution in [-0.4, -0.2) is 42.0 Å². The molecule has 0 unspecified atom stereocenters. The number of carbonyl (C=O) groups excluding carboxylic acids is 1. The quantitative estimate of drug-likeness (QED) is 0.647. The fraction of sp³-hybridized carbons (Fsp3) is 0.364. The van der Waals surface area contributed by atoms with Gasteiger partial charge in [-0.05, 0) is 62.2 Å². The first-order valence-electron chi connectivity index (χ1n) is 9.76. The van der Waals surface area contributed by atoms with Crippen molar-refractivity contribution in [2.24, 2.45) is 0 Å². The lowest BCUT2D eigenvalue weighted by Gasteiger charge is -2.30. The number of aromatic nitrogens is 1. The topological polar surface area (TPSA) is 45.2 Å². The minimum Gasteiger partial charge on any atom is -0.355 e. The van der Waals surface area contributed by atoms with Gasteiger partial charge in [0.1, 0.15) is 0 Å². The van der Waals surface area contributed by atoms with Crippen molar-refractivity contribution in [1.29, 1.82) is 0 Å². The number of hydrogen-bond donors (Lipinski definition) is 1. The average Bonchev–Trinajstić information content (AvgIpc) is 3.13.